The second-order valence-corrected chi connectivity index (χ2v) is 5.74. The lowest BCUT2D eigenvalue weighted by atomic mass is 10.0. The predicted molar refractivity (Wildman–Crippen MR) is 102 cm³/mol. The highest BCUT2D eigenvalue weighted by Gasteiger charge is 2.02. The molecular formula is C20H29N3O. The molecule has 0 aromatic heterocycles. The van der Waals surface area contributed by atoms with Crippen LogP contribution in [0.4, 0.5) is 5.69 Å². The summed E-state index contributed by atoms with van der Waals surface area (Å²) in [6.45, 7) is 3.16. The Morgan fingerprint density at radius 3 is 1.88 bits per heavy atom. The molecule has 0 aliphatic rings. The van der Waals surface area contributed by atoms with Gasteiger partial charge in [-0.15, -0.1) is 0 Å². The van der Waals surface area contributed by atoms with E-state index in [1.807, 2.05) is 12.1 Å². The second kappa shape index (κ2) is 9.73. The highest BCUT2D eigenvalue weighted by Crippen LogP contribution is 2.15. The smallest absolute Gasteiger partial charge is 0.238 e. The number of carbonyl (C=O) groups excluding carboxylic acids is 1. The van der Waals surface area contributed by atoms with E-state index in [1.165, 1.54) is 16.8 Å². The number of amides is 1. The lowest BCUT2D eigenvalue weighted by molar-refractivity contribution is -0.120. The summed E-state index contributed by atoms with van der Waals surface area (Å²) in [5, 5.41) is 0. The zero-order valence-electron chi connectivity index (χ0n) is 13.9. The lowest BCUT2D eigenvalue weighted by Gasteiger charge is -2.16. The number of aryl methyl sites for hydroxylation is 2. The van der Waals surface area contributed by atoms with Gasteiger partial charge in [0.15, 0.2) is 0 Å². The van der Waals surface area contributed by atoms with Gasteiger partial charge in [-0.1, -0.05) is 43.8 Å². The Morgan fingerprint density at radius 1 is 0.958 bits per heavy atom. The number of hydrogen-bond donors (Lipinski definition) is 2. The molecule has 24 heavy (non-hydrogen) atoms. The SMILES string of the molecule is C.CCN(C)c1ccc(CCc2ccc(CC(=O)NN)cc2)cc1. The van der Waals surface area contributed by atoms with E-state index < -0.39 is 0 Å². The molecule has 0 atom stereocenters. The Labute approximate surface area is 145 Å². The number of nitrogens with two attached hydrogens (primary N) is 1. The van der Waals surface area contributed by atoms with Crippen molar-refractivity contribution in [1.82, 2.24) is 5.43 Å². The normalized spacial score (nSPS) is 9.96. The van der Waals surface area contributed by atoms with Gasteiger partial charge in [0, 0.05) is 19.3 Å². The van der Waals surface area contributed by atoms with Crippen molar-refractivity contribution in [3.05, 3.63) is 65.2 Å². The molecule has 0 saturated carbocycles. The Morgan fingerprint density at radius 2 is 1.42 bits per heavy atom. The van der Waals surface area contributed by atoms with Gasteiger partial charge in [-0.3, -0.25) is 10.2 Å². The number of anilines is 1. The van der Waals surface area contributed by atoms with Crippen molar-refractivity contribution < 1.29 is 4.79 Å². The first-order valence-corrected chi connectivity index (χ1v) is 7.99. The second-order valence-electron chi connectivity index (χ2n) is 5.74. The molecule has 2 rings (SSSR count). The Balaban J connectivity index is 0.00000288. The number of hydrazine groups is 1. The van der Waals surface area contributed by atoms with Crippen molar-refractivity contribution in [2.45, 2.75) is 33.6 Å². The molecule has 130 valence electrons. The van der Waals surface area contributed by atoms with Crippen LogP contribution < -0.4 is 16.2 Å². The van der Waals surface area contributed by atoms with Gasteiger partial charge in [0.05, 0.1) is 6.42 Å². The molecule has 0 saturated heterocycles. The average molecular weight is 327 g/mol. The van der Waals surface area contributed by atoms with Crippen molar-refractivity contribution in [2.75, 3.05) is 18.5 Å². The topological polar surface area (TPSA) is 58.4 Å². The first-order valence-electron chi connectivity index (χ1n) is 7.99. The quantitative estimate of drug-likeness (QED) is 0.467. The number of nitrogens with zero attached hydrogens (tertiary/aromatic N) is 1. The molecule has 0 heterocycles. The van der Waals surface area contributed by atoms with Gasteiger partial charge in [0.25, 0.3) is 0 Å². The van der Waals surface area contributed by atoms with E-state index in [2.05, 4.69) is 60.7 Å². The van der Waals surface area contributed by atoms with Crippen LogP contribution in [0.15, 0.2) is 48.5 Å². The van der Waals surface area contributed by atoms with E-state index >= 15 is 0 Å². The van der Waals surface area contributed by atoms with Gasteiger partial charge in [0.1, 0.15) is 0 Å². The van der Waals surface area contributed by atoms with Crippen LogP contribution in [0.25, 0.3) is 0 Å². The molecule has 4 heteroatoms. The van der Waals surface area contributed by atoms with Gasteiger partial charge in [-0.2, -0.15) is 0 Å². The minimum absolute atomic E-state index is 0. The monoisotopic (exact) mass is 327 g/mol. The molecule has 0 aliphatic heterocycles. The minimum Gasteiger partial charge on any atom is -0.375 e. The van der Waals surface area contributed by atoms with Crippen molar-refractivity contribution >= 4 is 11.6 Å². The highest BCUT2D eigenvalue weighted by atomic mass is 16.2. The van der Waals surface area contributed by atoms with Crippen LogP contribution in [-0.4, -0.2) is 19.5 Å². The maximum atomic E-state index is 11.2. The molecule has 0 aliphatic carbocycles. The molecule has 0 fully saturated rings. The lowest BCUT2D eigenvalue weighted by Crippen LogP contribution is -2.31. The maximum Gasteiger partial charge on any atom is 0.238 e. The summed E-state index contributed by atoms with van der Waals surface area (Å²) in [6.07, 6.45) is 2.33. The molecule has 0 bridgehead atoms. The van der Waals surface area contributed by atoms with E-state index in [0.29, 0.717) is 6.42 Å². The summed E-state index contributed by atoms with van der Waals surface area (Å²) < 4.78 is 0. The van der Waals surface area contributed by atoms with E-state index in [4.69, 9.17) is 5.84 Å². The Bertz CT molecular complexity index is 620. The number of carbonyl (C=O) groups is 1. The molecule has 1 amide bonds. The summed E-state index contributed by atoms with van der Waals surface area (Å²) >= 11 is 0. The number of benzene rings is 2. The highest BCUT2D eigenvalue weighted by molar-refractivity contribution is 5.77. The average Bonchev–Trinajstić information content (AvgIpc) is 2.60. The van der Waals surface area contributed by atoms with Crippen LogP contribution in [0, 0.1) is 0 Å². The number of rotatable bonds is 7. The Kier molecular flexibility index (Phi) is 7.99. The molecule has 2 aromatic carbocycles. The third-order valence-corrected chi connectivity index (χ3v) is 4.10. The predicted octanol–water partition coefficient (Wildman–Crippen LogP) is 3.10. The van der Waals surface area contributed by atoms with E-state index in [9.17, 15) is 4.79 Å². The summed E-state index contributed by atoms with van der Waals surface area (Å²) in [4.78, 5) is 13.5. The van der Waals surface area contributed by atoms with Crippen molar-refractivity contribution in [2.24, 2.45) is 5.84 Å². The first kappa shape index (κ1) is 19.7. The fraction of sp³-hybridized carbons (Fsp3) is 0.350. The van der Waals surface area contributed by atoms with Gasteiger partial charge in [-0.25, -0.2) is 5.84 Å². The van der Waals surface area contributed by atoms with Gasteiger partial charge < -0.3 is 4.90 Å². The third kappa shape index (κ3) is 5.70. The molecule has 4 nitrogen and oxygen atoms in total. The Hall–Kier alpha value is -2.33. The summed E-state index contributed by atoms with van der Waals surface area (Å²) in [5.41, 5.74) is 6.99. The van der Waals surface area contributed by atoms with Crippen molar-refractivity contribution in [3.63, 3.8) is 0 Å². The third-order valence-electron chi connectivity index (χ3n) is 4.10. The zero-order valence-corrected chi connectivity index (χ0v) is 13.9. The van der Waals surface area contributed by atoms with Gasteiger partial charge in [0.2, 0.25) is 5.91 Å². The molecular weight excluding hydrogens is 298 g/mol. The van der Waals surface area contributed by atoms with E-state index in [1.54, 1.807) is 0 Å². The van der Waals surface area contributed by atoms with Crippen LogP contribution in [0.1, 0.15) is 31.0 Å². The van der Waals surface area contributed by atoms with Gasteiger partial charge >= 0.3 is 0 Å². The molecule has 0 radical (unpaired) electrons. The molecule has 0 spiro atoms. The van der Waals surface area contributed by atoms with Crippen LogP contribution in [0.3, 0.4) is 0 Å². The first-order chi connectivity index (χ1) is 11.1. The van der Waals surface area contributed by atoms with Crippen LogP contribution in [0.5, 0.6) is 0 Å². The van der Waals surface area contributed by atoms with E-state index in [0.717, 1.165) is 24.9 Å². The van der Waals surface area contributed by atoms with E-state index in [-0.39, 0.29) is 13.3 Å². The summed E-state index contributed by atoms with van der Waals surface area (Å²) in [5.74, 6) is 4.93. The number of nitrogens with one attached hydrogen (secondary N) is 1. The standard InChI is InChI=1S/C19H25N3O.CH4/c1-3-22(2)18-12-10-16(11-13-18)5-4-15-6-8-17(9-7-15)14-19(23)21-20;/h6-13H,3-5,14,20H2,1-2H3,(H,21,23);1H4. The molecule has 3 N–H and O–H groups in total. The minimum atomic E-state index is -0.171. The van der Waals surface area contributed by atoms with Gasteiger partial charge in [-0.05, 0) is 48.6 Å². The number of hydrogen-bond acceptors (Lipinski definition) is 3. The van der Waals surface area contributed by atoms with Crippen LogP contribution >= 0.6 is 0 Å². The van der Waals surface area contributed by atoms with Crippen LogP contribution in [0.2, 0.25) is 0 Å². The van der Waals surface area contributed by atoms with Crippen molar-refractivity contribution in [3.8, 4) is 0 Å². The van der Waals surface area contributed by atoms with Crippen LogP contribution in [-0.2, 0) is 24.1 Å². The largest absolute Gasteiger partial charge is 0.375 e. The summed E-state index contributed by atoms with van der Waals surface area (Å²) in [7, 11) is 2.10. The fourth-order valence-corrected chi connectivity index (χ4v) is 2.45. The zero-order chi connectivity index (χ0) is 16.7. The summed E-state index contributed by atoms with van der Waals surface area (Å²) in [6, 6.07) is 16.9. The van der Waals surface area contributed by atoms with Crippen molar-refractivity contribution in [1.29, 1.82) is 0 Å². The maximum absolute atomic E-state index is 11.2. The molecule has 2 aromatic rings. The fourth-order valence-electron chi connectivity index (χ4n) is 2.45. The molecule has 0 unspecified atom stereocenters.